The van der Waals surface area contributed by atoms with E-state index in [1.54, 1.807) is 18.2 Å². The first-order valence-electron chi connectivity index (χ1n) is 13.5. The topological polar surface area (TPSA) is 154 Å². The predicted octanol–water partition coefficient (Wildman–Crippen LogP) is 2.43. The second-order valence-electron chi connectivity index (χ2n) is 10.2. The quantitative estimate of drug-likeness (QED) is 0.243. The number of amides is 4. The average molecular weight is 559 g/mol. The number of aliphatic hydroxyl groups excluding tert-OH is 1. The zero-order valence-corrected chi connectivity index (χ0v) is 22.3. The Morgan fingerprint density at radius 3 is 2.66 bits per heavy atom. The van der Waals surface area contributed by atoms with Gasteiger partial charge in [-0.15, -0.1) is 0 Å². The number of piperidine rings is 1. The number of hydrogen-bond donors (Lipinski definition) is 3. The lowest BCUT2D eigenvalue weighted by Crippen LogP contribution is -2.52. The first-order chi connectivity index (χ1) is 19.8. The van der Waals surface area contributed by atoms with Gasteiger partial charge in [0.05, 0.1) is 18.7 Å². The van der Waals surface area contributed by atoms with Gasteiger partial charge in [-0.2, -0.15) is 0 Å². The Morgan fingerprint density at radius 1 is 1.10 bits per heavy atom. The monoisotopic (exact) mass is 558 g/mol. The molecule has 0 radical (unpaired) electrons. The minimum absolute atomic E-state index is 0.0178. The summed E-state index contributed by atoms with van der Waals surface area (Å²) in [6.45, 7) is 0.193. The zero-order valence-electron chi connectivity index (χ0n) is 22.3. The van der Waals surface area contributed by atoms with Crippen molar-refractivity contribution in [2.24, 2.45) is 4.99 Å². The van der Waals surface area contributed by atoms with Gasteiger partial charge in [-0.3, -0.25) is 34.3 Å². The lowest BCUT2D eigenvalue weighted by Gasteiger charge is -2.29. The van der Waals surface area contributed by atoms with Crippen molar-refractivity contribution in [3.63, 3.8) is 0 Å². The third kappa shape index (κ3) is 6.25. The van der Waals surface area contributed by atoms with Crippen molar-refractivity contribution in [3.8, 4) is 0 Å². The number of rotatable bonds is 9. The number of hydrogen-bond acceptors (Lipinski definition) is 8. The fourth-order valence-electron chi connectivity index (χ4n) is 5.34. The summed E-state index contributed by atoms with van der Waals surface area (Å²) in [6.07, 6.45) is 2.44. The highest BCUT2D eigenvalue weighted by atomic mass is 16.5. The molecule has 3 N–H and O–H groups in total. The summed E-state index contributed by atoms with van der Waals surface area (Å²) >= 11 is 0. The van der Waals surface area contributed by atoms with Gasteiger partial charge in [0.25, 0.3) is 5.91 Å². The molecule has 1 fully saturated rings. The molecule has 0 saturated carbocycles. The van der Waals surface area contributed by atoms with Crippen molar-refractivity contribution in [1.82, 2.24) is 10.2 Å². The number of fused-ring (bicyclic) bond motifs is 1. The van der Waals surface area contributed by atoms with E-state index in [1.165, 1.54) is 11.1 Å². The van der Waals surface area contributed by atoms with Gasteiger partial charge in [0.2, 0.25) is 17.7 Å². The largest absolute Gasteiger partial charge is 0.511 e. The number of allylic oxidation sites excluding steroid dienone is 2. The van der Waals surface area contributed by atoms with E-state index in [4.69, 9.17) is 4.74 Å². The maximum Gasteiger partial charge on any atom is 0.255 e. The smallest absolute Gasteiger partial charge is 0.255 e. The highest BCUT2D eigenvalue weighted by Crippen LogP contribution is 2.33. The molecule has 2 aromatic carbocycles. The van der Waals surface area contributed by atoms with E-state index in [0.717, 1.165) is 5.56 Å². The third-order valence-corrected chi connectivity index (χ3v) is 7.43. The number of nitrogens with zero attached hydrogens (tertiary/aromatic N) is 2. The molecule has 11 nitrogen and oxygen atoms in total. The predicted molar refractivity (Wildman–Crippen MR) is 148 cm³/mol. The van der Waals surface area contributed by atoms with E-state index < -0.39 is 17.9 Å². The van der Waals surface area contributed by atoms with E-state index >= 15 is 0 Å². The molecular formula is C30H30N4O7. The number of carbonyl (C=O) groups is 5. The number of nitrogens with one attached hydrogen (secondary N) is 2. The Labute approximate surface area is 236 Å². The molecule has 1 saturated heterocycles. The van der Waals surface area contributed by atoms with Gasteiger partial charge in [-0.1, -0.05) is 36.4 Å². The molecule has 3 aliphatic rings. The van der Waals surface area contributed by atoms with Crippen LogP contribution >= 0.6 is 0 Å². The molecule has 2 aliphatic heterocycles. The summed E-state index contributed by atoms with van der Waals surface area (Å²) < 4.78 is 5.42. The van der Waals surface area contributed by atoms with Crippen LogP contribution < -0.4 is 10.6 Å². The molecule has 1 aliphatic carbocycles. The molecular weight excluding hydrogens is 528 g/mol. The number of carbonyl (C=O) groups excluding carboxylic acids is 5. The van der Waals surface area contributed by atoms with E-state index in [0.29, 0.717) is 29.7 Å². The first kappa shape index (κ1) is 27.9. The minimum atomic E-state index is -0.744. The number of Topliss-reactive ketones (excluding diaryl/α,β-unsaturated/α-hetero) is 1. The number of aliphatic imine (C=N–C) groups is 1. The summed E-state index contributed by atoms with van der Waals surface area (Å²) in [7, 11) is 0. The molecule has 2 atom stereocenters. The van der Waals surface area contributed by atoms with Crippen LogP contribution in [0.15, 0.2) is 64.9 Å². The summed E-state index contributed by atoms with van der Waals surface area (Å²) in [5, 5.41) is 15.4. The number of ketones is 1. The summed E-state index contributed by atoms with van der Waals surface area (Å²) in [4.78, 5) is 67.4. The van der Waals surface area contributed by atoms with Crippen LogP contribution in [0.5, 0.6) is 0 Å². The molecule has 5 rings (SSSR count). The second kappa shape index (κ2) is 12.3. The molecule has 2 unspecified atom stereocenters. The Morgan fingerprint density at radius 2 is 1.90 bits per heavy atom. The number of aliphatic hydroxyl groups is 1. The Kier molecular flexibility index (Phi) is 8.34. The number of imide groups is 1. The fourth-order valence-corrected chi connectivity index (χ4v) is 5.34. The fraction of sp³-hybridized carbons (Fsp3) is 0.333. The van der Waals surface area contributed by atoms with Crippen molar-refractivity contribution in [1.29, 1.82) is 0 Å². The van der Waals surface area contributed by atoms with Crippen molar-refractivity contribution in [2.45, 2.75) is 44.2 Å². The zero-order chi connectivity index (χ0) is 28.9. The molecule has 0 aromatic heterocycles. The van der Waals surface area contributed by atoms with Crippen molar-refractivity contribution in [2.75, 3.05) is 25.1 Å². The van der Waals surface area contributed by atoms with Gasteiger partial charge in [0.15, 0.2) is 5.78 Å². The second-order valence-corrected chi connectivity index (χ2v) is 10.2. The van der Waals surface area contributed by atoms with Crippen LogP contribution in [0.2, 0.25) is 0 Å². The standard InChI is InChI=1S/C30H30N4O7/c35-25-13-19(18-5-2-1-3-6-18)14-26(36)21(25)15-31-11-12-41-17-28(38)32-23-8-4-7-20-22(23)16-34(30(20)40)24-9-10-27(37)33-29(24)39/h1-8,15,19,24,35H,9-14,16-17H2,(H,32,38)(H,33,37,39). The summed E-state index contributed by atoms with van der Waals surface area (Å²) in [5.41, 5.74) is 2.65. The van der Waals surface area contributed by atoms with E-state index in [9.17, 15) is 29.1 Å². The maximum atomic E-state index is 12.9. The normalized spacial score (nSPS) is 20.9. The van der Waals surface area contributed by atoms with Crippen LogP contribution in [0, 0.1) is 0 Å². The highest BCUT2D eigenvalue weighted by molar-refractivity contribution is 6.14. The molecule has 2 heterocycles. The van der Waals surface area contributed by atoms with Gasteiger partial charge >= 0.3 is 0 Å². The molecule has 2 aromatic rings. The van der Waals surface area contributed by atoms with Crippen LogP contribution in [-0.2, 0) is 30.5 Å². The Bertz CT molecular complexity index is 1450. The minimum Gasteiger partial charge on any atom is -0.511 e. The van der Waals surface area contributed by atoms with Crippen LogP contribution in [-0.4, -0.2) is 71.4 Å². The van der Waals surface area contributed by atoms with Crippen molar-refractivity contribution < 1.29 is 33.8 Å². The lowest BCUT2D eigenvalue weighted by molar-refractivity contribution is -0.137. The maximum absolute atomic E-state index is 12.9. The third-order valence-electron chi connectivity index (χ3n) is 7.43. The van der Waals surface area contributed by atoms with Gasteiger partial charge in [0, 0.05) is 48.8 Å². The van der Waals surface area contributed by atoms with Gasteiger partial charge in [-0.05, 0) is 30.0 Å². The molecule has 212 valence electrons. The number of benzene rings is 2. The molecule has 11 heteroatoms. The van der Waals surface area contributed by atoms with Gasteiger partial charge in [0.1, 0.15) is 18.4 Å². The van der Waals surface area contributed by atoms with E-state index in [-0.39, 0.29) is 74.0 Å². The van der Waals surface area contributed by atoms with Crippen LogP contribution in [0.3, 0.4) is 0 Å². The molecule has 41 heavy (non-hydrogen) atoms. The Hall–Kier alpha value is -4.64. The highest BCUT2D eigenvalue weighted by Gasteiger charge is 2.40. The molecule has 0 bridgehead atoms. The van der Waals surface area contributed by atoms with Crippen molar-refractivity contribution in [3.05, 3.63) is 76.6 Å². The average Bonchev–Trinajstić information content (AvgIpc) is 3.29. The summed E-state index contributed by atoms with van der Waals surface area (Å²) in [6, 6.07) is 13.8. The van der Waals surface area contributed by atoms with E-state index in [1.807, 2.05) is 30.3 Å². The number of ether oxygens (including phenoxy) is 1. The first-order valence-corrected chi connectivity index (χ1v) is 13.5. The van der Waals surface area contributed by atoms with Crippen LogP contribution in [0.25, 0.3) is 0 Å². The summed E-state index contributed by atoms with van der Waals surface area (Å²) in [5.74, 6) is -1.83. The number of anilines is 1. The lowest BCUT2D eigenvalue weighted by atomic mass is 9.83. The van der Waals surface area contributed by atoms with Gasteiger partial charge in [-0.25, -0.2) is 0 Å². The van der Waals surface area contributed by atoms with E-state index in [2.05, 4.69) is 15.6 Å². The van der Waals surface area contributed by atoms with Crippen LogP contribution in [0.4, 0.5) is 5.69 Å². The SMILES string of the molecule is O=C1CCC(N2Cc3c(NC(=O)COCCN=CC4=C(O)CC(c5ccccc5)CC4=O)cccc3C2=O)C(=O)N1. The molecule has 0 spiro atoms. The van der Waals surface area contributed by atoms with Gasteiger partial charge < -0.3 is 20.1 Å². The van der Waals surface area contributed by atoms with Crippen LogP contribution in [0.1, 0.15) is 53.1 Å². The molecule has 4 amide bonds. The Balaban J connectivity index is 1.09. The van der Waals surface area contributed by atoms with Crippen molar-refractivity contribution >= 4 is 41.3 Å².